The van der Waals surface area contributed by atoms with Crippen LogP contribution in [-0.2, 0) is 0 Å². The van der Waals surface area contributed by atoms with Crippen LogP contribution in [0.25, 0.3) is 87.3 Å². The van der Waals surface area contributed by atoms with Gasteiger partial charge in [-0.1, -0.05) is 152 Å². The molecule has 0 atom stereocenters. The molecule has 0 amide bonds. The number of furan rings is 1. The Labute approximate surface area is 312 Å². The fraction of sp³-hybridized carbons (Fsp3) is 0. The Balaban J connectivity index is 1.09. The van der Waals surface area contributed by atoms with Crippen LogP contribution in [0.2, 0.25) is 0 Å². The van der Waals surface area contributed by atoms with Crippen LogP contribution in [0.4, 0.5) is 17.1 Å². The largest absolute Gasteiger partial charge is 0.456 e. The highest BCUT2D eigenvalue weighted by molar-refractivity contribution is 6.21. The molecular weight excluding hydrogens is 655 g/mol. The number of anilines is 3. The highest BCUT2D eigenvalue weighted by atomic mass is 16.3. The van der Waals surface area contributed by atoms with Gasteiger partial charge in [0.05, 0.1) is 11.1 Å². The van der Waals surface area contributed by atoms with Crippen molar-refractivity contribution in [3.8, 4) is 22.3 Å². The average Bonchev–Trinajstić information content (AvgIpc) is 3.63. The van der Waals surface area contributed by atoms with E-state index < -0.39 is 0 Å². The van der Waals surface area contributed by atoms with Crippen LogP contribution in [0.5, 0.6) is 0 Å². The molecule has 0 aliphatic heterocycles. The average molecular weight is 688 g/mol. The summed E-state index contributed by atoms with van der Waals surface area (Å²) < 4.78 is 6.39. The van der Waals surface area contributed by atoms with Crippen molar-refractivity contribution in [1.29, 1.82) is 0 Å². The molecular formula is C52H33NO. The maximum atomic E-state index is 6.39. The van der Waals surface area contributed by atoms with Gasteiger partial charge in [-0.2, -0.15) is 0 Å². The molecule has 1 heterocycles. The second kappa shape index (κ2) is 12.2. The number of nitrogens with zero attached hydrogens (tertiary/aromatic N) is 1. The maximum Gasteiger partial charge on any atom is 0.137 e. The number of hydrogen-bond donors (Lipinski definition) is 0. The van der Waals surface area contributed by atoms with E-state index in [1.807, 2.05) is 12.1 Å². The first-order valence-corrected chi connectivity index (χ1v) is 18.5. The van der Waals surface area contributed by atoms with Crippen LogP contribution in [0.15, 0.2) is 205 Å². The van der Waals surface area contributed by atoms with E-state index in [0.29, 0.717) is 0 Å². The summed E-state index contributed by atoms with van der Waals surface area (Å²) in [6.45, 7) is 0. The molecule has 10 aromatic carbocycles. The Morgan fingerprint density at radius 1 is 0.315 bits per heavy atom. The van der Waals surface area contributed by atoms with Crippen LogP contribution in [0.1, 0.15) is 0 Å². The molecule has 0 unspecified atom stereocenters. The fourth-order valence-corrected chi connectivity index (χ4v) is 8.53. The van der Waals surface area contributed by atoms with Crippen LogP contribution in [-0.4, -0.2) is 0 Å². The van der Waals surface area contributed by atoms with Gasteiger partial charge < -0.3 is 9.32 Å². The van der Waals surface area contributed by atoms with Crippen molar-refractivity contribution in [2.45, 2.75) is 0 Å². The summed E-state index contributed by atoms with van der Waals surface area (Å²) in [6, 6.07) is 72.3. The molecule has 0 aliphatic carbocycles. The van der Waals surface area contributed by atoms with Crippen molar-refractivity contribution in [2.24, 2.45) is 0 Å². The molecule has 2 nitrogen and oxygen atoms in total. The highest BCUT2D eigenvalue weighted by Crippen LogP contribution is 2.45. The Hall–Kier alpha value is -7.16. The van der Waals surface area contributed by atoms with E-state index in [2.05, 4.69) is 193 Å². The maximum absolute atomic E-state index is 6.39. The van der Waals surface area contributed by atoms with Crippen LogP contribution >= 0.6 is 0 Å². The summed E-state index contributed by atoms with van der Waals surface area (Å²) in [5.41, 5.74) is 9.82. The van der Waals surface area contributed by atoms with Gasteiger partial charge in [0.15, 0.2) is 0 Å². The van der Waals surface area contributed by atoms with Crippen LogP contribution in [0.3, 0.4) is 0 Å². The van der Waals surface area contributed by atoms with E-state index in [9.17, 15) is 0 Å². The lowest BCUT2D eigenvalue weighted by Gasteiger charge is -2.27. The van der Waals surface area contributed by atoms with E-state index in [-0.39, 0.29) is 0 Å². The predicted molar refractivity (Wildman–Crippen MR) is 229 cm³/mol. The van der Waals surface area contributed by atoms with E-state index in [4.69, 9.17) is 4.42 Å². The highest BCUT2D eigenvalue weighted by Gasteiger charge is 2.20. The molecule has 0 spiro atoms. The summed E-state index contributed by atoms with van der Waals surface area (Å²) in [7, 11) is 0. The molecule has 0 aliphatic rings. The number of fused-ring (bicyclic) bond motifs is 9. The minimum Gasteiger partial charge on any atom is -0.456 e. The topological polar surface area (TPSA) is 16.4 Å². The van der Waals surface area contributed by atoms with E-state index >= 15 is 0 Å². The normalized spacial score (nSPS) is 11.7. The van der Waals surface area contributed by atoms with Crippen molar-refractivity contribution in [2.75, 3.05) is 4.90 Å². The standard InChI is InChI=1S/C52H33NO/c1-3-14-40-34(11-1)13-9-19-41(40)36-23-28-38(29-24-36)53(49-20-10-22-51-52(49)46-18-7-8-21-50(46)54-51)39-30-25-37(26-31-39)47-33-48-42-15-4-2-12-35(42)27-32-45(48)43-16-5-6-17-44(43)47/h1-33H. The van der Waals surface area contributed by atoms with Gasteiger partial charge in [-0.05, 0) is 114 Å². The van der Waals surface area contributed by atoms with Gasteiger partial charge in [-0.15, -0.1) is 0 Å². The van der Waals surface area contributed by atoms with E-state index in [0.717, 1.165) is 39.0 Å². The van der Waals surface area contributed by atoms with Gasteiger partial charge >= 0.3 is 0 Å². The van der Waals surface area contributed by atoms with Gasteiger partial charge in [0, 0.05) is 16.8 Å². The monoisotopic (exact) mass is 687 g/mol. The molecule has 0 bridgehead atoms. The number of benzene rings is 10. The first kappa shape index (κ1) is 30.5. The lowest BCUT2D eigenvalue weighted by atomic mass is 9.91. The number of rotatable bonds is 5. The lowest BCUT2D eigenvalue weighted by molar-refractivity contribution is 0.669. The molecule has 11 aromatic rings. The Bertz CT molecular complexity index is 3200. The first-order chi connectivity index (χ1) is 26.8. The number of para-hydroxylation sites is 1. The van der Waals surface area contributed by atoms with Gasteiger partial charge in [0.1, 0.15) is 11.2 Å². The third-order valence-electron chi connectivity index (χ3n) is 11.1. The molecule has 0 N–H and O–H groups in total. The van der Waals surface area contributed by atoms with Gasteiger partial charge in [0.2, 0.25) is 0 Å². The molecule has 0 saturated heterocycles. The van der Waals surface area contributed by atoms with Crippen molar-refractivity contribution >= 4 is 82.1 Å². The Kier molecular flexibility index (Phi) is 6.90. The fourth-order valence-electron chi connectivity index (χ4n) is 8.53. The second-order valence-corrected chi connectivity index (χ2v) is 14.1. The SMILES string of the molecule is c1ccc2c(-c3ccc(N(c4ccc(-c5cc6c7ccccc7ccc6c6ccccc56)cc4)c4cccc5oc6ccccc6c45)cc3)cccc2c1. The molecule has 0 saturated carbocycles. The third kappa shape index (κ3) is 4.81. The summed E-state index contributed by atoms with van der Waals surface area (Å²) in [4.78, 5) is 2.37. The quantitative estimate of drug-likeness (QED) is 0.168. The van der Waals surface area contributed by atoms with Gasteiger partial charge in [-0.3, -0.25) is 0 Å². The summed E-state index contributed by atoms with van der Waals surface area (Å²) in [6.07, 6.45) is 0. The molecule has 54 heavy (non-hydrogen) atoms. The zero-order valence-corrected chi connectivity index (χ0v) is 29.4. The lowest BCUT2D eigenvalue weighted by Crippen LogP contribution is -2.10. The van der Waals surface area contributed by atoms with Crippen molar-refractivity contribution in [3.05, 3.63) is 200 Å². The van der Waals surface area contributed by atoms with E-state index in [1.165, 1.54) is 65.3 Å². The van der Waals surface area contributed by atoms with Gasteiger partial charge in [-0.25, -0.2) is 0 Å². The molecule has 252 valence electrons. The van der Waals surface area contributed by atoms with Gasteiger partial charge in [0.25, 0.3) is 0 Å². The molecule has 11 rings (SSSR count). The van der Waals surface area contributed by atoms with Crippen molar-refractivity contribution < 1.29 is 4.42 Å². The molecule has 2 heteroatoms. The molecule has 1 aromatic heterocycles. The number of hydrogen-bond acceptors (Lipinski definition) is 2. The second-order valence-electron chi connectivity index (χ2n) is 14.1. The summed E-state index contributed by atoms with van der Waals surface area (Å²) in [5, 5.41) is 12.3. The van der Waals surface area contributed by atoms with Crippen LogP contribution in [0, 0.1) is 0 Å². The zero-order valence-electron chi connectivity index (χ0n) is 29.4. The third-order valence-corrected chi connectivity index (χ3v) is 11.1. The van der Waals surface area contributed by atoms with Crippen molar-refractivity contribution in [3.63, 3.8) is 0 Å². The Morgan fingerprint density at radius 2 is 0.852 bits per heavy atom. The summed E-state index contributed by atoms with van der Waals surface area (Å²) >= 11 is 0. The predicted octanol–water partition coefficient (Wildman–Crippen LogP) is 15.0. The smallest absolute Gasteiger partial charge is 0.137 e. The van der Waals surface area contributed by atoms with E-state index in [1.54, 1.807) is 0 Å². The molecule has 0 radical (unpaired) electrons. The minimum absolute atomic E-state index is 0.873. The first-order valence-electron chi connectivity index (χ1n) is 18.5. The van der Waals surface area contributed by atoms with Crippen LogP contribution < -0.4 is 4.90 Å². The zero-order chi connectivity index (χ0) is 35.6. The minimum atomic E-state index is 0.873. The Morgan fingerprint density at radius 3 is 1.61 bits per heavy atom. The summed E-state index contributed by atoms with van der Waals surface area (Å²) in [5.74, 6) is 0. The van der Waals surface area contributed by atoms with Crippen molar-refractivity contribution in [1.82, 2.24) is 0 Å². The molecule has 0 fully saturated rings.